The number of aliphatic hydroxyl groups is 1. The predicted molar refractivity (Wildman–Crippen MR) is 138 cm³/mol. The lowest BCUT2D eigenvalue weighted by atomic mass is 10.1. The first-order valence-electron chi connectivity index (χ1n) is 11.4. The summed E-state index contributed by atoms with van der Waals surface area (Å²) in [5, 5.41) is 33.6. The van der Waals surface area contributed by atoms with Gasteiger partial charge >= 0.3 is 0 Å². The van der Waals surface area contributed by atoms with Gasteiger partial charge in [0.15, 0.2) is 0 Å². The Morgan fingerprint density at radius 2 is 1.68 bits per heavy atom. The molecule has 2 N–H and O–H groups in total. The third kappa shape index (κ3) is 6.41. The van der Waals surface area contributed by atoms with Crippen LogP contribution in [0.4, 0.5) is 11.5 Å². The maximum Gasteiger partial charge on any atom is 0.287 e. The summed E-state index contributed by atoms with van der Waals surface area (Å²) in [7, 11) is 0. The first-order chi connectivity index (χ1) is 17.9. The van der Waals surface area contributed by atoms with Crippen molar-refractivity contribution in [3.63, 3.8) is 0 Å². The van der Waals surface area contributed by atoms with Gasteiger partial charge in [0.05, 0.1) is 41.3 Å². The molecular weight excluding hydrogens is 476 g/mol. The molecule has 1 aromatic heterocycles. The van der Waals surface area contributed by atoms with Gasteiger partial charge in [-0.2, -0.15) is 0 Å². The van der Waals surface area contributed by atoms with E-state index in [-0.39, 0.29) is 35.0 Å². The summed E-state index contributed by atoms with van der Waals surface area (Å²) in [4.78, 5) is 30.7. The van der Waals surface area contributed by atoms with Crippen LogP contribution in [0.1, 0.15) is 23.2 Å². The van der Waals surface area contributed by atoms with Crippen molar-refractivity contribution in [3.05, 3.63) is 134 Å². The second-order valence-electron chi connectivity index (χ2n) is 8.16. The number of aromatic nitrogens is 1. The maximum absolute atomic E-state index is 10.7. The number of aliphatic hydroxyl groups excluding tert-OH is 1. The Hall–Kier alpha value is -4.90. The largest absolute Gasteiger partial charge is 0.394 e. The zero-order chi connectivity index (χ0) is 26.2. The fraction of sp³-hybridized carbons (Fsp3) is 0.154. The van der Waals surface area contributed by atoms with Crippen LogP contribution < -0.4 is 5.32 Å². The van der Waals surface area contributed by atoms with E-state index < -0.39 is 4.92 Å². The van der Waals surface area contributed by atoms with Crippen LogP contribution in [0.2, 0.25) is 0 Å². The third-order valence-corrected chi connectivity index (χ3v) is 5.70. The van der Waals surface area contributed by atoms with Crippen molar-refractivity contribution >= 4 is 17.3 Å². The number of benzene rings is 2. The fourth-order valence-electron chi connectivity index (χ4n) is 3.82. The van der Waals surface area contributed by atoms with Crippen molar-refractivity contribution < 1.29 is 15.0 Å². The lowest BCUT2D eigenvalue weighted by molar-refractivity contribution is -0.420. The number of pyridine rings is 1. The molecule has 11 nitrogen and oxygen atoms in total. The van der Waals surface area contributed by atoms with E-state index >= 15 is 0 Å². The maximum atomic E-state index is 10.7. The average molecular weight is 501 g/mol. The van der Waals surface area contributed by atoms with Gasteiger partial charge < -0.3 is 15.3 Å². The number of anilines is 1. The second-order valence-corrected chi connectivity index (χ2v) is 8.16. The minimum Gasteiger partial charge on any atom is -0.394 e. The topological polar surface area (TPSA) is 147 Å². The molecule has 2 aliphatic rings. The van der Waals surface area contributed by atoms with Crippen molar-refractivity contribution in [3.8, 4) is 0 Å². The normalized spacial score (nSPS) is 16.5. The minimum atomic E-state index is -0.502. The Balaban J connectivity index is 0.000000173. The zero-order valence-electron chi connectivity index (χ0n) is 19.6. The molecule has 37 heavy (non-hydrogen) atoms. The monoisotopic (exact) mass is 500 g/mol. The lowest BCUT2D eigenvalue weighted by Gasteiger charge is -2.17. The molecule has 0 fully saturated rings. The number of aliphatic imine (C=N–C) groups is 1. The van der Waals surface area contributed by atoms with Crippen molar-refractivity contribution in [2.75, 3.05) is 18.5 Å². The van der Waals surface area contributed by atoms with Crippen LogP contribution in [0.25, 0.3) is 0 Å². The highest BCUT2D eigenvalue weighted by molar-refractivity contribution is 5.96. The number of nitrogens with zero attached hydrogens (tertiary/aromatic N) is 5. The number of nitro groups is 2. The first kappa shape index (κ1) is 25.2. The van der Waals surface area contributed by atoms with E-state index in [0.29, 0.717) is 12.4 Å². The van der Waals surface area contributed by atoms with E-state index in [2.05, 4.69) is 15.3 Å². The number of rotatable bonds is 7. The van der Waals surface area contributed by atoms with E-state index in [1.165, 1.54) is 24.4 Å². The standard InChI is InChI=1S/C13H13N3O3.C13H11N3O2/c17-9-12(10-4-2-1-3-5-10)15-13-7-6-11(8-14-13)16(18)19;17-16(18)11-6-7-13-14-12(9-15(13)8-11)10-4-2-1-3-5-10/h1-8,12,17H,9H2,(H,14,15);1-8,12H,9H2/t;12-/m.0/s1. The predicted octanol–water partition coefficient (Wildman–Crippen LogP) is 4.27. The van der Waals surface area contributed by atoms with Crippen LogP contribution in [-0.2, 0) is 0 Å². The highest BCUT2D eigenvalue weighted by atomic mass is 16.6. The molecule has 5 rings (SSSR count). The molecule has 2 aromatic carbocycles. The van der Waals surface area contributed by atoms with Crippen LogP contribution >= 0.6 is 0 Å². The molecule has 0 saturated heterocycles. The lowest BCUT2D eigenvalue weighted by Crippen LogP contribution is -2.24. The molecule has 3 aromatic rings. The second kappa shape index (κ2) is 11.7. The Bertz CT molecular complexity index is 1330. The van der Waals surface area contributed by atoms with Crippen LogP contribution in [-0.4, -0.2) is 43.8 Å². The Morgan fingerprint density at radius 3 is 2.27 bits per heavy atom. The molecule has 0 saturated carbocycles. The van der Waals surface area contributed by atoms with Gasteiger partial charge in [0.25, 0.3) is 11.4 Å². The number of amidine groups is 1. The van der Waals surface area contributed by atoms with Crippen LogP contribution in [0.5, 0.6) is 0 Å². The third-order valence-electron chi connectivity index (χ3n) is 5.70. The number of allylic oxidation sites excluding steroid dienone is 1. The highest BCUT2D eigenvalue weighted by Crippen LogP contribution is 2.27. The summed E-state index contributed by atoms with van der Waals surface area (Å²) in [6, 6.07) is 22.0. The molecule has 0 spiro atoms. The molecule has 1 unspecified atom stereocenters. The summed E-state index contributed by atoms with van der Waals surface area (Å²) in [6.07, 6.45) is 5.91. The molecule has 2 atom stereocenters. The number of fused-ring (bicyclic) bond motifs is 1. The van der Waals surface area contributed by atoms with E-state index in [9.17, 15) is 25.3 Å². The molecule has 11 heteroatoms. The fourth-order valence-corrected chi connectivity index (χ4v) is 3.82. The molecule has 3 heterocycles. The van der Waals surface area contributed by atoms with E-state index in [0.717, 1.165) is 17.0 Å². The van der Waals surface area contributed by atoms with Gasteiger partial charge in [-0.05, 0) is 23.3 Å². The molecular formula is C26H24N6O5. The van der Waals surface area contributed by atoms with E-state index in [1.54, 1.807) is 12.3 Å². The molecule has 0 bridgehead atoms. The van der Waals surface area contributed by atoms with Crippen molar-refractivity contribution in [1.82, 2.24) is 9.88 Å². The molecule has 0 radical (unpaired) electrons. The summed E-state index contributed by atoms with van der Waals surface area (Å²) in [5.41, 5.74) is 2.09. The van der Waals surface area contributed by atoms with Crippen molar-refractivity contribution in [1.29, 1.82) is 0 Å². The molecule has 188 valence electrons. The first-order valence-corrected chi connectivity index (χ1v) is 11.4. The number of hydrogen-bond acceptors (Lipinski definition) is 9. The van der Waals surface area contributed by atoms with Gasteiger partial charge in [0, 0.05) is 12.1 Å². The summed E-state index contributed by atoms with van der Waals surface area (Å²) in [6.45, 7) is 0.559. The van der Waals surface area contributed by atoms with Gasteiger partial charge in [-0.25, -0.2) is 4.98 Å². The van der Waals surface area contributed by atoms with Crippen LogP contribution in [0.15, 0.2) is 108 Å². The Kier molecular flexibility index (Phi) is 7.96. The Labute approximate surface area is 212 Å². The van der Waals surface area contributed by atoms with Crippen molar-refractivity contribution in [2.24, 2.45) is 4.99 Å². The zero-order valence-corrected chi connectivity index (χ0v) is 19.6. The van der Waals surface area contributed by atoms with Gasteiger partial charge in [-0.3, -0.25) is 25.2 Å². The van der Waals surface area contributed by atoms with Crippen molar-refractivity contribution in [2.45, 2.75) is 12.1 Å². The Morgan fingerprint density at radius 1 is 0.973 bits per heavy atom. The van der Waals surface area contributed by atoms with E-state index in [4.69, 9.17) is 0 Å². The number of hydrogen-bond donors (Lipinski definition) is 2. The van der Waals surface area contributed by atoms with E-state index in [1.807, 2.05) is 65.6 Å². The summed E-state index contributed by atoms with van der Waals surface area (Å²) in [5.74, 6) is 1.27. The van der Waals surface area contributed by atoms with Crippen LogP contribution in [0.3, 0.4) is 0 Å². The highest BCUT2D eigenvalue weighted by Gasteiger charge is 2.28. The quantitative estimate of drug-likeness (QED) is 0.361. The SMILES string of the molecule is O=[N+]([O-])C1=CN2C[C@@H](c3ccccc3)N=C2C=C1.O=[N+]([O-])c1ccc(NC(CO)c2ccccc2)nc1. The average Bonchev–Trinajstić information content (AvgIpc) is 3.37. The smallest absolute Gasteiger partial charge is 0.287 e. The molecule has 2 aliphatic heterocycles. The van der Waals surface area contributed by atoms with Gasteiger partial charge in [0.1, 0.15) is 17.9 Å². The number of nitrogens with one attached hydrogen (secondary N) is 1. The molecule has 0 aliphatic carbocycles. The summed E-state index contributed by atoms with van der Waals surface area (Å²) < 4.78 is 0. The van der Waals surface area contributed by atoms with Gasteiger partial charge in [0.2, 0.25) is 0 Å². The molecule has 0 amide bonds. The van der Waals surface area contributed by atoms with Gasteiger partial charge in [-0.1, -0.05) is 60.7 Å². The minimum absolute atomic E-state index is 0.0493. The summed E-state index contributed by atoms with van der Waals surface area (Å²) >= 11 is 0. The van der Waals surface area contributed by atoms with Gasteiger partial charge in [-0.15, -0.1) is 0 Å². The van der Waals surface area contributed by atoms with Crippen LogP contribution in [0, 0.1) is 20.2 Å².